The molecule has 6 nitrogen and oxygen atoms in total. The van der Waals surface area contributed by atoms with E-state index in [9.17, 15) is 9.59 Å². The van der Waals surface area contributed by atoms with Crippen molar-refractivity contribution in [2.24, 2.45) is 0 Å². The summed E-state index contributed by atoms with van der Waals surface area (Å²) in [5.74, 6) is 0.587. The molecule has 2 N–H and O–H groups in total. The second-order valence-corrected chi connectivity index (χ2v) is 9.67. The summed E-state index contributed by atoms with van der Waals surface area (Å²) >= 11 is 3.33. The zero-order valence-corrected chi connectivity index (χ0v) is 21.2. The molecule has 0 unspecified atom stereocenters. The van der Waals surface area contributed by atoms with Crippen molar-refractivity contribution in [1.29, 1.82) is 5.41 Å². The molecule has 0 radical (unpaired) electrons. The second kappa shape index (κ2) is 13.1. The fourth-order valence-corrected chi connectivity index (χ4v) is 4.51. The third-order valence-electron chi connectivity index (χ3n) is 6.23. The Bertz CT molecular complexity index is 1180. The molecule has 1 saturated heterocycles. The number of carbonyl (C=O) groups is 2. The number of ketones is 1. The number of rotatable bonds is 6. The number of anilines is 1. The Labute approximate surface area is 221 Å². The normalized spacial score (nSPS) is 13.6. The molecule has 1 fully saturated rings. The number of amides is 1. The Balaban J connectivity index is 0.00000361. The number of halogens is 1. The molecular formula is C29H33BrN4O2. The Morgan fingerprint density at radius 2 is 1.53 bits per heavy atom. The van der Waals surface area contributed by atoms with Gasteiger partial charge in [0.15, 0.2) is 5.78 Å². The summed E-state index contributed by atoms with van der Waals surface area (Å²) in [6.07, 6.45) is 7.67. The molecule has 1 aliphatic heterocycles. The smallest absolute Gasteiger partial charge is 0.257 e. The van der Waals surface area contributed by atoms with E-state index in [1.165, 1.54) is 19.3 Å². The van der Waals surface area contributed by atoms with Crippen molar-refractivity contribution in [3.63, 3.8) is 0 Å². The van der Waals surface area contributed by atoms with Gasteiger partial charge >= 0.3 is 0 Å². The molecule has 0 bridgehead atoms. The van der Waals surface area contributed by atoms with E-state index in [1.807, 2.05) is 18.2 Å². The predicted octanol–water partition coefficient (Wildman–Crippen LogP) is 6.75. The maximum atomic E-state index is 13.0. The van der Waals surface area contributed by atoms with Crippen LogP contribution in [0.15, 0.2) is 71.3 Å². The summed E-state index contributed by atoms with van der Waals surface area (Å²) in [5, 5.41) is 11.4. The number of pyridine rings is 1. The van der Waals surface area contributed by atoms with Crippen LogP contribution in [0.25, 0.3) is 0 Å². The summed E-state index contributed by atoms with van der Waals surface area (Å²) in [6, 6.07) is 17.9. The maximum Gasteiger partial charge on any atom is 0.257 e. The highest BCUT2D eigenvalue weighted by Gasteiger charge is 2.17. The largest absolute Gasteiger partial charge is 0.357 e. The molecule has 2 aromatic carbocycles. The van der Waals surface area contributed by atoms with Gasteiger partial charge in [-0.1, -0.05) is 69.2 Å². The molecule has 0 aliphatic carbocycles. The summed E-state index contributed by atoms with van der Waals surface area (Å²) in [4.78, 5) is 32.2. The van der Waals surface area contributed by atoms with Crippen molar-refractivity contribution >= 4 is 39.3 Å². The number of Topliss-reactive ketones (excluding diaryl/α,β-unsaturated/α-hetero) is 1. The molecule has 4 rings (SSSR count). The molecule has 1 amide bonds. The Kier molecular flexibility index (Phi) is 9.94. The molecular weight excluding hydrogens is 516 g/mol. The van der Waals surface area contributed by atoms with E-state index in [1.54, 1.807) is 48.7 Å². The zero-order valence-electron chi connectivity index (χ0n) is 19.6. The number of hydrogen-bond donors (Lipinski definition) is 2. The lowest BCUT2D eigenvalue weighted by molar-refractivity contribution is 0.0992. The fraction of sp³-hybridized carbons (Fsp3) is 0.310. The molecule has 0 atom stereocenters. The number of likely N-dealkylation sites (tertiary alicyclic amines) is 1. The minimum atomic E-state index is -0.305. The van der Waals surface area contributed by atoms with Crippen molar-refractivity contribution in [3.05, 3.63) is 93.6 Å². The molecule has 36 heavy (non-hydrogen) atoms. The lowest BCUT2D eigenvalue weighted by Crippen LogP contribution is -2.33. The van der Waals surface area contributed by atoms with Gasteiger partial charge in [-0.25, -0.2) is 4.98 Å². The maximum absolute atomic E-state index is 13.0. The van der Waals surface area contributed by atoms with Gasteiger partial charge < -0.3 is 10.2 Å². The first-order valence-electron chi connectivity index (χ1n) is 12.0. The minimum absolute atomic E-state index is 0. The number of nitrogens with zero attached hydrogens (tertiary/aromatic N) is 2. The first-order chi connectivity index (χ1) is 17.0. The van der Waals surface area contributed by atoms with Crippen LogP contribution < -0.4 is 5.32 Å². The monoisotopic (exact) mass is 548 g/mol. The van der Waals surface area contributed by atoms with Gasteiger partial charge in [0.05, 0.1) is 0 Å². The molecule has 1 aliphatic rings. The van der Waals surface area contributed by atoms with Gasteiger partial charge in [0, 0.05) is 46.9 Å². The lowest BCUT2D eigenvalue weighted by atomic mass is 9.97. The molecule has 188 valence electrons. The van der Waals surface area contributed by atoms with Crippen molar-refractivity contribution in [2.45, 2.75) is 46.0 Å². The van der Waals surface area contributed by atoms with Gasteiger partial charge in [-0.05, 0) is 52.5 Å². The van der Waals surface area contributed by atoms with Crippen molar-refractivity contribution in [3.8, 4) is 0 Å². The third-order valence-corrected chi connectivity index (χ3v) is 6.70. The minimum Gasteiger partial charge on any atom is -0.357 e. The van der Waals surface area contributed by atoms with E-state index >= 15 is 0 Å². The number of benzene rings is 2. The zero-order chi connectivity index (χ0) is 24.6. The fourth-order valence-electron chi connectivity index (χ4n) is 4.27. The van der Waals surface area contributed by atoms with Crippen molar-refractivity contribution in [1.82, 2.24) is 9.88 Å². The summed E-state index contributed by atoms with van der Waals surface area (Å²) in [7, 11) is 0. The first-order valence-corrected chi connectivity index (χ1v) is 12.8. The van der Waals surface area contributed by atoms with Crippen molar-refractivity contribution < 1.29 is 9.59 Å². The quantitative estimate of drug-likeness (QED) is 0.202. The Hall–Kier alpha value is -3.32. The Morgan fingerprint density at radius 1 is 0.889 bits per heavy atom. The van der Waals surface area contributed by atoms with E-state index in [-0.39, 0.29) is 25.5 Å². The van der Waals surface area contributed by atoms with Gasteiger partial charge in [0.2, 0.25) is 0 Å². The molecule has 0 saturated carbocycles. The van der Waals surface area contributed by atoms with Crippen LogP contribution >= 0.6 is 15.9 Å². The molecule has 2 heterocycles. The topological polar surface area (TPSA) is 86.1 Å². The number of aromatic nitrogens is 1. The number of carbonyl (C=O) groups excluding carboxylic acids is 2. The standard InChI is InChI=1S/C28H29BrN4O2.CH4/c29-23-14-15-26(31-19-23)32-28(35)24-9-5-4-8-22(24)18-25(34)20-10-12-21(13-11-20)27(30)33-16-6-2-1-3-7-17-33;/h4-5,8-15,19,30H,1-3,6-7,16-18H2,(H,31,32,35);1H4. The number of nitrogens with one attached hydrogen (secondary N) is 2. The van der Waals surface area contributed by atoms with Gasteiger partial charge in [0.1, 0.15) is 11.7 Å². The average molecular weight is 550 g/mol. The van der Waals surface area contributed by atoms with Crippen LogP contribution in [-0.2, 0) is 6.42 Å². The SMILES string of the molecule is C.N=C(c1ccc(C(=O)Cc2ccccc2C(=O)Nc2ccc(Br)cn2)cc1)N1CCCCCCC1. The molecule has 7 heteroatoms. The van der Waals surface area contributed by atoms with Crippen LogP contribution in [0.3, 0.4) is 0 Å². The van der Waals surface area contributed by atoms with Crippen LogP contribution in [0.2, 0.25) is 0 Å². The van der Waals surface area contributed by atoms with E-state index in [0.717, 1.165) is 36.0 Å². The highest BCUT2D eigenvalue weighted by molar-refractivity contribution is 9.10. The molecule has 1 aromatic heterocycles. The second-order valence-electron chi connectivity index (χ2n) is 8.75. The van der Waals surface area contributed by atoms with E-state index in [2.05, 4.69) is 31.1 Å². The summed E-state index contributed by atoms with van der Waals surface area (Å²) in [5.41, 5.74) is 2.49. The Morgan fingerprint density at radius 3 is 2.19 bits per heavy atom. The molecule has 0 spiro atoms. The van der Waals surface area contributed by atoms with E-state index in [4.69, 9.17) is 5.41 Å². The van der Waals surface area contributed by atoms with Gasteiger partial charge in [-0.15, -0.1) is 0 Å². The highest BCUT2D eigenvalue weighted by Crippen LogP contribution is 2.18. The van der Waals surface area contributed by atoms with Gasteiger partial charge in [-0.3, -0.25) is 15.0 Å². The predicted molar refractivity (Wildman–Crippen MR) is 149 cm³/mol. The van der Waals surface area contributed by atoms with Crippen molar-refractivity contribution in [2.75, 3.05) is 18.4 Å². The average Bonchev–Trinajstić information content (AvgIpc) is 2.85. The van der Waals surface area contributed by atoms with Crippen LogP contribution in [0.5, 0.6) is 0 Å². The third kappa shape index (κ3) is 7.10. The van der Waals surface area contributed by atoms with Crippen LogP contribution in [-0.4, -0.2) is 40.5 Å². The lowest BCUT2D eigenvalue weighted by Gasteiger charge is -2.27. The number of hydrogen-bond acceptors (Lipinski definition) is 4. The van der Waals surface area contributed by atoms with E-state index in [0.29, 0.717) is 28.3 Å². The summed E-state index contributed by atoms with van der Waals surface area (Å²) < 4.78 is 0.824. The summed E-state index contributed by atoms with van der Waals surface area (Å²) in [6.45, 7) is 1.82. The molecule has 3 aromatic rings. The van der Waals surface area contributed by atoms with Crippen LogP contribution in [0.1, 0.15) is 71.4 Å². The van der Waals surface area contributed by atoms with Crippen LogP contribution in [0, 0.1) is 5.41 Å². The first kappa shape index (κ1) is 27.3. The van der Waals surface area contributed by atoms with Crippen LogP contribution in [0.4, 0.5) is 5.82 Å². The highest BCUT2D eigenvalue weighted by atomic mass is 79.9. The van der Waals surface area contributed by atoms with Gasteiger partial charge in [0.25, 0.3) is 5.91 Å². The van der Waals surface area contributed by atoms with Gasteiger partial charge in [-0.2, -0.15) is 0 Å². The van der Waals surface area contributed by atoms with E-state index < -0.39 is 0 Å². The number of amidine groups is 1.